The summed E-state index contributed by atoms with van der Waals surface area (Å²) in [5.74, 6) is -0.970. The standard InChI is InChI=1S/C26H21N3O3/c30-25(28-24-15-7-12-21-11-4-5-14-23(21)24)26(31)29-27-17-20-10-6-13-22(16-20)32-18-19-8-2-1-3-9-19/h1-17H,18H2,(H,28,30)(H,29,31)/b27-17+. The fraction of sp³-hybridized carbons (Fsp3) is 0.0385. The van der Waals surface area contributed by atoms with Crippen LogP contribution in [0.25, 0.3) is 10.8 Å². The Hall–Kier alpha value is -4.45. The Labute approximate surface area is 185 Å². The minimum Gasteiger partial charge on any atom is -0.489 e. The van der Waals surface area contributed by atoms with Crippen LogP contribution >= 0.6 is 0 Å². The molecule has 0 saturated heterocycles. The molecule has 32 heavy (non-hydrogen) atoms. The fourth-order valence-corrected chi connectivity index (χ4v) is 3.16. The van der Waals surface area contributed by atoms with Crippen molar-refractivity contribution in [1.29, 1.82) is 0 Å². The number of rotatable bonds is 6. The van der Waals surface area contributed by atoms with E-state index in [1.165, 1.54) is 6.21 Å². The summed E-state index contributed by atoms with van der Waals surface area (Å²) in [5.41, 5.74) is 4.61. The Morgan fingerprint density at radius 2 is 1.56 bits per heavy atom. The van der Waals surface area contributed by atoms with Crippen LogP contribution in [0.1, 0.15) is 11.1 Å². The number of anilines is 1. The number of nitrogens with one attached hydrogen (secondary N) is 2. The average molecular weight is 423 g/mol. The van der Waals surface area contributed by atoms with Crippen LogP contribution in [0.3, 0.4) is 0 Å². The first-order valence-electron chi connectivity index (χ1n) is 10.1. The van der Waals surface area contributed by atoms with Gasteiger partial charge in [-0.3, -0.25) is 9.59 Å². The summed E-state index contributed by atoms with van der Waals surface area (Å²) < 4.78 is 5.79. The summed E-state index contributed by atoms with van der Waals surface area (Å²) in [6.45, 7) is 0.451. The van der Waals surface area contributed by atoms with Gasteiger partial charge in [-0.05, 0) is 34.7 Å². The van der Waals surface area contributed by atoms with Gasteiger partial charge in [0.2, 0.25) is 0 Å². The lowest BCUT2D eigenvalue weighted by Gasteiger charge is -2.08. The van der Waals surface area contributed by atoms with E-state index in [0.717, 1.165) is 21.9 Å². The van der Waals surface area contributed by atoms with Gasteiger partial charge in [0.15, 0.2) is 0 Å². The zero-order chi connectivity index (χ0) is 22.2. The van der Waals surface area contributed by atoms with Crippen LogP contribution in [-0.4, -0.2) is 18.0 Å². The second-order valence-corrected chi connectivity index (χ2v) is 7.03. The molecule has 0 aromatic heterocycles. The molecule has 0 saturated carbocycles. The number of amides is 2. The van der Waals surface area contributed by atoms with Crippen molar-refractivity contribution in [2.75, 3.05) is 5.32 Å². The highest BCUT2D eigenvalue weighted by Gasteiger charge is 2.14. The maximum atomic E-state index is 12.3. The van der Waals surface area contributed by atoms with E-state index in [0.29, 0.717) is 18.0 Å². The van der Waals surface area contributed by atoms with Gasteiger partial charge in [-0.25, -0.2) is 5.43 Å². The van der Waals surface area contributed by atoms with Gasteiger partial charge in [0.05, 0.1) is 6.21 Å². The molecule has 0 unspecified atom stereocenters. The third-order valence-corrected chi connectivity index (χ3v) is 4.73. The van der Waals surface area contributed by atoms with Gasteiger partial charge < -0.3 is 10.1 Å². The van der Waals surface area contributed by atoms with Crippen molar-refractivity contribution >= 4 is 34.5 Å². The number of hydrazone groups is 1. The van der Waals surface area contributed by atoms with Crippen LogP contribution in [0.15, 0.2) is 102 Å². The molecule has 0 atom stereocenters. The quantitative estimate of drug-likeness (QED) is 0.272. The van der Waals surface area contributed by atoms with E-state index in [-0.39, 0.29) is 0 Å². The molecular weight excluding hydrogens is 402 g/mol. The van der Waals surface area contributed by atoms with Gasteiger partial charge in [-0.1, -0.05) is 78.9 Å². The summed E-state index contributed by atoms with van der Waals surface area (Å²) >= 11 is 0. The number of hydrogen-bond acceptors (Lipinski definition) is 4. The first-order valence-corrected chi connectivity index (χ1v) is 10.1. The Morgan fingerprint density at radius 1 is 0.812 bits per heavy atom. The van der Waals surface area contributed by atoms with Crippen LogP contribution in [0, 0.1) is 0 Å². The molecule has 0 aliphatic rings. The van der Waals surface area contributed by atoms with Crippen LogP contribution in [0.4, 0.5) is 5.69 Å². The molecule has 0 fully saturated rings. The Morgan fingerprint density at radius 3 is 2.44 bits per heavy atom. The van der Waals surface area contributed by atoms with Gasteiger partial charge in [0.1, 0.15) is 12.4 Å². The third-order valence-electron chi connectivity index (χ3n) is 4.73. The molecule has 4 rings (SSSR count). The Kier molecular flexibility index (Phi) is 6.53. The zero-order valence-corrected chi connectivity index (χ0v) is 17.2. The first-order chi connectivity index (χ1) is 15.7. The lowest BCUT2D eigenvalue weighted by Crippen LogP contribution is -2.32. The maximum absolute atomic E-state index is 12.3. The molecule has 0 radical (unpaired) electrons. The zero-order valence-electron chi connectivity index (χ0n) is 17.2. The van der Waals surface area contributed by atoms with E-state index in [1.807, 2.05) is 84.9 Å². The predicted molar refractivity (Wildman–Crippen MR) is 126 cm³/mol. The lowest BCUT2D eigenvalue weighted by atomic mass is 10.1. The van der Waals surface area contributed by atoms with Crippen LogP contribution < -0.4 is 15.5 Å². The molecule has 6 nitrogen and oxygen atoms in total. The van der Waals surface area contributed by atoms with Crippen molar-refractivity contribution in [3.63, 3.8) is 0 Å². The normalized spacial score (nSPS) is 10.8. The van der Waals surface area contributed by atoms with E-state index in [2.05, 4.69) is 15.8 Å². The largest absolute Gasteiger partial charge is 0.489 e. The van der Waals surface area contributed by atoms with Gasteiger partial charge in [-0.2, -0.15) is 5.10 Å². The molecule has 0 aliphatic heterocycles. The number of hydrogen-bond donors (Lipinski definition) is 2. The van der Waals surface area contributed by atoms with Crippen molar-refractivity contribution in [1.82, 2.24) is 5.43 Å². The van der Waals surface area contributed by atoms with E-state index >= 15 is 0 Å². The summed E-state index contributed by atoms with van der Waals surface area (Å²) in [6.07, 6.45) is 1.46. The molecule has 4 aromatic rings. The molecule has 0 aliphatic carbocycles. The van der Waals surface area contributed by atoms with E-state index in [4.69, 9.17) is 4.74 Å². The van der Waals surface area contributed by atoms with Crippen LogP contribution in [0.2, 0.25) is 0 Å². The summed E-state index contributed by atoms with van der Waals surface area (Å²) in [7, 11) is 0. The predicted octanol–water partition coefficient (Wildman–Crippen LogP) is 4.51. The van der Waals surface area contributed by atoms with Crippen molar-refractivity contribution in [2.24, 2.45) is 5.10 Å². The molecule has 6 heteroatoms. The Balaban J connectivity index is 1.33. The number of benzene rings is 4. The highest BCUT2D eigenvalue weighted by Crippen LogP contribution is 2.22. The minimum atomic E-state index is -0.856. The molecule has 0 bridgehead atoms. The second kappa shape index (κ2) is 10.0. The third kappa shape index (κ3) is 5.37. The van der Waals surface area contributed by atoms with Crippen molar-refractivity contribution in [3.8, 4) is 5.75 Å². The second-order valence-electron chi connectivity index (χ2n) is 7.03. The first kappa shape index (κ1) is 20.8. The van der Waals surface area contributed by atoms with Gasteiger partial charge in [-0.15, -0.1) is 0 Å². The van der Waals surface area contributed by atoms with E-state index in [9.17, 15) is 9.59 Å². The van der Waals surface area contributed by atoms with E-state index < -0.39 is 11.8 Å². The maximum Gasteiger partial charge on any atom is 0.329 e. The smallest absolute Gasteiger partial charge is 0.329 e. The monoisotopic (exact) mass is 423 g/mol. The molecular formula is C26H21N3O3. The van der Waals surface area contributed by atoms with Crippen molar-refractivity contribution in [2.45, 2.75) is 6.61 Å². The fourth-order valence-electron chi connectivity index (χ4n) is 3.16. The van der Waals surface area contributed by atoms with Crippen molar-refractivity contribution in [3.05, 3.63) is 108 Å². The summed E-state index contributed by atoms with van der Waals surface area (Å²) in [6, 6.07) is 30.3. The van der Waals surface area contributed by atoms with Crippen molar-refractivity contribution < 1.29 is 14.3 Å². The SMILES string of the molecule is O=C(N/N=C/c1cccc(OCc2ccccc2)c1)C(=O)Nc1cccc2ccccc12. The molecule has 0 heterocycles. The number of fused-ring (bicyclic) bond motifs is 1. The number of nitrogens with zero attached hydrogens (tertiary/aromatic N) is 1. The molecule has 0 spiro atoms. The number of carbonyl (C=O) groups is 2. The van der Waals surface area contributed by atoms with Crippen LogP contribution in [-0.2, 0) is 16.2 Å². The van der Waals surface area contributed by atoms with Crippen LogP contribution in [0.5, 0.6) is 5.75 Å². The highest BCUT2D eigenvalue weighted by molar-refractivity contribution is 6.40. The van der Waals surface area contributed by atoms with Gasteiger partial charge in [0.25, 0.3) is 0 Å². The number of ether oxygens (including phenoxy) is 1. The van der Waals surface area contributed by atoms with Gasteiger partial charge in [0, 0.05) is 11.1 Å². The highest BCUT2D eigenvalue weighted by atomic mass is 16.5. The molecule has 158 valence electrons. The molecule has 2 N–H and O–H groups in total. The summed E-state index contributed by atoms with van der Waals surface area (Å²) in [5, 5.41) is 8.34. The van der Waals surface area contributed by atoms with Gasteiger partial charge >= 0.3 is 11.8 Å². The topological polar surface area (TPSA) is 79.8 Å². The molecule has 4 aromatic carbocycles. The molecule has 2 amide bonds. The average Bonchev–Trinajstić information content (AvgIpc) is 2.84. The Bertz CT molecular complexity index is 1260. The number of carbonyl (C=O) groups excluding carboxylic acids is 2. The summed E-state index contributed by atoms with van der Waals surface area (Å²) in [4.78, 5) is 24.4. The minimum absolute atomic E-state index is 0.451. The lowest BCUT2D eigenvalue weighted by molar-refractivity contribution is -0.136. The van der Waals surface area contributed by atoms with E-state index in [1.54, 1.807) is 12.1 Å².